The highest BCUT2D eigenvalue weighted by atomic mass is 16.4. The Kier molecular flexibility index (Phi) is 4.08. The number of likely N-dealkylation sites (tertiary alicyclic amines) is 1. The van der Waals surface area contributed by atoms with Gasteiger partial charge in [-0.25, -0.2) is 4.79 Å². The number of hydrogen-bond acceptors (Lipinski definition) is 3. The molecule has 0 aromatic carbocycles. The molecule has 0 aromatic heterocycles. The number of carbonyl (C=O) groups excluding carboxylic acids is 2. The van der Waals surface area contributed by atoms with E-state index in [2.05, 4.69) is 5.32 Å². The van der Waals surface area contributed by atoms with Gasteiger partial charge in [-0.1, -0.05) is 0 Å². The standard InChI is InChI=1S/C9H14N2O4/c12-7(3-4-8(13)14)10-9(15)11-5-1-2-6-11/h1-6H2,(H,13,14)(H,10,12,15). The molecule has 0 aromatic rings. The van der Waals surface area contributed by atoms with Crippen LogP contribution >= 0.6 is 0 Å². The Morgan fingerprint density at radius 2 is 1.73 bits per heavy atom. The molecule has 84 valence electrons. The molecule has 1 saturated heterocycles. The first kappa shape index (κ1) is 11.5. The molecule has 0 radical (unpaired) electrons. The number of carbonyl (C=O) groups is 3. The lowest BCUT2D eigenvalue weighted by Crippen LogP contribution is -2.41. The maximum Gasteiger partial charge on any atom is 0.324 e. The van der Waals surface area contributed by atoms with E-state index in [0.717, 1.165) is 12.8 Å². The first-order chi connectivity index (χ1) is 7.09. The molecule has 0 saturated carbocycles. The third-order valence-electron chi connectivity index (χ3n) is 2.21. The highest BCUT2D eigenvalue weighted by Gasteiger charge is 2.19. The lowest BCUT2D eigenvalue weighted by Gasteiger charge is -2.14. The van der Waals surface area contributed by atoms with Crippen LogP contribution in [0.5, 0.6) is 0 Å². The van der Waals surface area contributed by atoms with Crippen LogP contribution in [0.15, 0.2) is 0 Å². The van der Waals surface area contributed by atoms with Gasteiger partial charge in [0.1, 0.15) is 0 Å². The van der Waals surface area contributed by atoms with Crippen LogP contribution in [0.25, 0.3) is 0 Å². The molecule has 0 bridgehead atoms. The molecule has 1 fully saturated rings. The number of hydrogen-bond donors (Lipinski definition) is 2. The lowest BCUT2D eigenvalue weighted by molar-refractivity contribution is -0.138. The van der Waals surface area contributed by atoms with E-state index < -0.39 is 17.9 Å². The highest BCUT2D eigenvalue weighted by Crippen LogP contribution is 2.06. The number of imide groups is 1. The third-order valence-corrected chi connectivity index (χ3v) is 2.21. The van der Waals surface area contributed by atoms with E-state index in [1.54, 1.807) is 4.90 Å². The van der Waals surface area contributed by atoms with Crippen LogP contribution in [-0.4, -0.2) is 41.0 Å². The largest absolute Gasteiger partial charge is 0.481 e. The number of nitrogens with one attached hydrogen (secondary N) is 1. The van der Waals surface area contributed by atoms with Gasteiger partial charge in [-0.15, -0.1) is 0 Å². The van der Waals surface area contributed by atoms with Crippen LogP contribution in [0.3, 0.4) is 0 Å². The Morgan fingerprint density at radius 1 is 1.13 bits per heavy atom. The van der Waals surface area contributed by atoms with Crippen LogP contribution in [-0.2, 0) is 9.59 Å². The van der Waals surface area contributed by atoms with Crippen molar-refractivity contribution in [3.8, 4) is 0 Å². The maximum absolute atomic E-state index is 11.3. The Balaban J connectivity index is 2.24. The summed E-state index contributed by atoms with van der Waals surface area (Å²) >= 11 is 0. The average Bonchev–Trinajstić information content (AvgIpc) is 2.67. The Bertz CT molecular complexity index is 271. The molecule has 2 N–H and O–H groups in total. The predicted octanol–water partition coefficient (Wildman–Crippen LogP) is 0.183. The molecule has 6 nitrogen and oxygen atoms in total. The number of amides is 3. The second-order valence-corrected chi connectivity index (χ2v) is 3.44. The number of carboxylic acids is 1. The molecule has 1 aliphatic rings. The van der Waals surface area contributed by atoms with Gasteiger partial charge < -0.3 is 10.0 Å². The Labute approximate surface area is 87.2 Å². The summed E-state index contributed by atoms with van der Waals surface area (Å²) in [5.74, 6) is -1.58. The van der Waals surface area contributed by atoms with Crippen LogP contribution in [0.2, 0.25) is 0 Å². The first-order valence-electron chi connectivity index (χ1n) is 4.90. The van der Waals surface area contributed by atoms with E-state index in [0.29, 0.717) is 13.1 Å². The number of nitrogens with zero attached hydrogens (tertiary/aromatic N) is 1. The van der Waals surface area contributed by atoms with Crippen LogP contribution < -0.4 is 5.32 Å². The summed E-state index contributed by atoms with van der Waals surface area (Å²) < 4.78 is 0. The second kappa shape index (κ2) is 5.33. The summed E-state index contributed by atoms with van der Waals surface area (Å²) in [5, 5.41) is 10.5. The third kappa shape index (κ3) is 3.97. The molecule has 0 aliphatic carbocycles. The molecule has 15 heavy (non-hydrogen) atoms. The average molecular weight is 214 g/mol. The minimum atomic E-state index is -1.04. The van der Waals surface area contributed by atoms with Crippen molar-refractivity contribution < 1.29 is 19.5 Å². The smallest absolute Gasteiger partial charge is 0.324 e. The fourth-order valence-corrected chi connectivity index (χ4v) is 1.40. The molecule has 1 rings (SSSR count). The minimum absolute atomic E-state index is 0.158. The predicted molar refractivity (Wildman–Crippen MR) is 51.2 cm³/mol. The molecular formula is C9H14N2O4. The molecule has 1 heterocycles. The zero-order valence-corrected chi connectivity index (χ0v) is 8.36. The van der Waals surface area contributed by atoms with Gasteiger partial charge in [0, 0.05) is 19.5 Å². The van der Waals surface area contributed by atoms with Crippen molar-refractivity contribution in [1.29, 1.82) is 0 Å². The minimum Gasteiger partial charge on any atom is -0.481 e. The summed E-state index contributed by atoms with van der Waals surface area (Å²) in [5.41, 5.74) is 0. The molecule has 3 amide bonds. The van der Waals surface area contributed by atoms with Gasteiger partial charge in [0.05, 0.1) is 6.42 Å². The van der Waals surface area contributed by atoms with Crippen LogP contribution in [0.1, 0.15) is 25.7 Å². The molecule has 0 unspecified atom stereocenters. The summed E-state index contributed by atoms with van der Waals surface area (Å²) in [6.07, 6.45) is 1.50. The quantitative estimate of drug-likeness (QED) is 0.701. The van der Waals surface area contributed by atoms with Crippen molar-refractivity contribution in [3.63, 3.8) is 0 Å². The van der Waals surface area contributed by atoms with E-state index in [4.69, 9.17) is 5.11 Å². The van der Waals surface area contributed by atoms with Gasteiger partial charge in [0.25, 0.3) is 0 Å². The normalized spacial score (nSPS) is 15.1. The SMILES string of the molecule is O=C(O)CCC(=O)NC(=O)N1CCCC1. The molecule has 6 heteroatoms. The Hall–Kier alpha value is -1.59. The monoisotopic (exact) mass is 214 g/mol. The lowest BCUT2D eigenvalue weighted by atomic mass is 10.3. The van der Waals surface area contributed by atoms with Gasteiger partial charge in [-0.3, -0.25) is 14.9 Å². The molecule has 1 aliphatic heterocycles. The molecule has 0 atom stereocenters. The van der Waals surface area contributed by atoms with Gasteiger partial charge in [0.2, 0.25) is 5.91 Å². The van der Waals surface area contributed by atoms with Crippen molar-refractivity contribution >= 4 is 17.9 Å². The number of rotatable bonds is 3. The van der Waals surface area contributed by atoms with E-state index in [1.165, 1.54) is 0 Å². The van der Waals surface area contributed by atoms with Gasteiger partial charge in [-0.2, -0.15) is 0 Å². The van der Waals surface area contributed by atoms with Crippen molar-refractivity contribution in [2.75, 3.05) is 13.1 Å². The maximum atomic E-state index is 11.3. The molecular weight excluding hydrogens is 200 g/mol. The summed E-state index contributed by atoms with van der Waals surface area (Å²) in [6.45, 7) is 1.33. The summed E-state index contributed by atoms with van der Waals surface area (Å²) in [7, 11) is 0. The highest BCUT2D eigenvalue weighted by molar-refractivity contribution is 5.95. The first-order valence-corrected chi connectivity index (χ1v) is 4.90. The van der Waals surface area contributed by atoms with Crippen LogP contribution in [0.4, 0.5) is 4.79 Å². The van der Waals surface area contributed by atoms with E-state index in [-0.39, 0.29) is 12.8 Å². The number of aliphatic carboxylic acids is 1. The van der Waals surface area contributed by atoms with Crippen molar-refractivity contribution in [2.45, 2.75) is 25.7 Å². The zero-order chi connectivity index (χ0) is 11.3. The van der Waals surface area contributed by atoms with E-state index >= 15 is 0 Å². The van der Waals surface area contributed by atoms with Crippen molar-refractivity contribution in [1.82, 2.24) is 10.2 Å². The van der Waals surface area contributed by atoms with E-state index in [9.17, 15) is 14.4 Å². The fourth-order valence-electron chi connectivity index (χ4n) is 1.40. The zero-order valence-electron chi connectivity index (χ0n) is 8.36. The fraction of sp³-hybridized carbons (Fsp3) is 0.667. The Morgan fingerprint density at radius 3 is 2.27 bits per heavy atom. The van der Waals surface area contributed by atoms with Gasteiger partial charge in [-0.05, 0) is 12.8 Å². The topological polar surface area (TPSA) is 86.7 Å². The number of urea groups is 1. The molecule has 0 spiro atoms. The summed E-state index contributed by atoms with van der Waals surface area (Å²) in [4.78, 5) is 34.2. The van der Waals surface area contributed by atoms with Gasteiger partial charge >= 0.3 is 12.0 Å². The summed E-state index contributed by atoms with van der Waals surface area (Å²) in [6, 6.07) is -0.414. The van der Waals surface area contributed by atoms with Crippen LogP contribution in [0, 0.1) is 0 Å². The van der Waals surface area contributed by atoms with Crippen molar-refractivity contribution in [2.24, 2.45) is 0 Å². The van der Waals surface area contributed by atoms with E-state index in [1.807, 2.05) is 0 Å². The van der Waals surface area contributed by atoms with Gasteiger partial charge in [0.15, 0.2) is 0 Å². The van der Waals surface area contributed by atoms with Crippen molar-refractivity contribution in [3.05, 3.63) is 0 Å². The second-order valence-electron chi connectivity index (χ2n) is 3.44. The number of carboxylic acid groups (broad SMARTS) is 1.